The van der Waals surface area contributed by atoms with Crippen molar-refractivity contribution in [1.29, 1.82) is 0 Å². The number of ether oxygens (including phenoxy) is 2. The van der Waals surface area contributed by atoms with Gasteiger partial charge in [-0.05, 0) is 70.6 Å². The summed E-state index contributed by atoms with van der Waals surface area (Å²) in [6, 6.07) is 11.0. The van der Waals surface area contributed by atoms with Gasteiger partial charge in [0.1, 0.15) is 5.75 Å². The quantitative estimate of drug-likeness (QED) is 0.458. The second-order valence-corrected chi connectivity index (χ2v) is 8.41. The Morgan fingerprint density at radius 3 is 2.52 bits per heavy atom. The van der Waals surface area contributed by atoms with Crippen molar-refractivity contribution in [2.24, 2.45) is 5.10 Å². The number of phenols is 1. The second-order valence-electron chi connectivity index (χ2n) is 7.55. The molecule has 1 atom stereocenters. The van der Waals surface area contributed by atoms with Crippen molar-refractivity contribution >= 4 is 28.1 Å². The predicted molar refractivity (Wildman–Crippen MR) is 118 cm³/mol. The molecule has 2 aromatic carbocycles. The van der Waals surface area contributed by atoms with Crippen molar-refractivity contribution in [2.75, 3.05) is 6.61 Å². The summed E-state index contributed by atoms with van der Waals surface area (Å²) in [7, 11) is 0. The molecule has 0 aliphatic carbocycles. The largest absolute Gasteiger partial charge is 0.503 e. The highest BCUT2D eigenvalue weighted by atomic mass is 79.9. The van der Waals surface area contributed by atoms with E-state index in [1.807, 2.05) is 31.2 Å². The van der Waals surface area contributed by atoms with Crippen molar-refractivity contribution in [2.45, 2.75) is 46.1 Å². The Bertz CT molecular complexity index is 874. The molecule has 0 aliphatic rings. The number of hydrazone groups is 1. The van der Waals surface area contributed by atoms with Crippen LogP contribution in [0, 0.1) is 0 Å². The molecule has 0 bridgehead atoms. The molecule has 0 saturated heterocycles. The Hall–Kier alpha value is -2.54. The molecule has 2 aromatic rings. The van der Waals surface area contributed by atoms with Crippen LogP contribution < -0.4 is 14.9 Å². The minimum atomic E-state index is -0.710. The summed E-state index contributed by atoms with van der Waals surface area (Å²) in [5.41, 5.74) is 4.37. The van der Waals surface area contributed by atoms with Gasteiger partial charge in [-0.25, -0.2) is 5.43 Å². The number of carbonyl (C=O) groups is 1. The first-order chi connectivity index (χ1) is 13.6. The van der Waals surface area contributed by atoms with Crippen LogP contribution in [-0.2, 0) is 10.2 Å². The fourth-order valence-corrected chi connectivity index (χ4v) is 2.95. The second kappa shape index (κ2) is 9.78. The van der Waals surface area contributed by atoms with Gasteiger partial charge in [-0.2, -0.15) is 5.10 Å². The number of halogens is 1. The SMILES string of the molecule is CCOc1cc(/C=N/NC(=O)C(C)Oc2ccc(C(C)(C)C)cc2)cc(Br)c1O. The van der Waals surface area contributed by atoms with E-state index < -0.39 is 6.10 Å². The Morgan fingerprint density at radius 1 is 1.28 bits per heavy atom. The highest BCUT2D eigenvalue weighted by Gasteiger charge is 2.16. The van der Waals surface area contributed by atoms with Crippen LogP contribution in [0.3, 0.4) is 0 Å². The Balaban J connectivity index is 1.96. The normalized spacial score (nSPS) is 12.6. The molecule has 29 heavy (non-hydrogen) atoms. The molecule has 0 radical (unpaired) electrons. The van der Waals surface area contributed by atoms with E-state index >= 15 is 0 Å². The average Bonchev–Trinajstić information content (AvgIpc) is 2.65. The number of rotatable bonds is 7. The first-order valence-corrected chi connectivity index (χ1v) is 10.2. The van der Waals surface area contributed by atoms with Crippen LogP contribution >= 0.6 is 15.9 Å². The molecular weight excluding hydrogens is 436 g/mol. The van der Waals surface area contributed by atoms with Gasteiger partial charge in [-0.3, -0.25) is 4.79 Å². The van der Waals surface area contributed by atoms with E-state index in [4.69, 9.17) is 9.47 Å². The molecular formula is C22H27BrN2O4. The van der Waals surface area contributed by atoms with E-state index in [0.29, 0.717) is 28.1 Å². The van der Waals surface area contributed by atoms with Gasteiger partial charge in [0, 0.05) is 0 Å². The minimum Gasteiger partial charge on any atom is -0.503 e. The lowest BCUT2D eigenvalue weighted by Crippen LogP contribution is -2.33. The highest BCUT2D eigenvalue weighted by molar-refractivity contribution is 9.10. The molecule has 0 fully saturated rings. The molecule has 2 rings (SSSR count). The summed E-state index contributed by atoms with van der Waals surface area (Å²) in [5.74, 6) is 0.607. The average molecular weight is 463 g/mol. The van der Waals surface area contributed by atoms with Gasteiger partial charge in [0.25, 0.3) is 5.91 Å². The summed E-state index contributed by atoms with van der Waals surface area (Å²) in [4.78, 5) is 12.2. The van der Waals surface area contributed by atoms with Crippen LogP contribution in [0.1, 0.15) is 45.7 Å². The first-order valence-electron chi connectivity index (χ1n) is 9.37. The zero-order valence-corrected chi connectivity index (χ0v) is 18.9. The molecule has 0 spiro atoms. The maximum Gasteiger partial charge on any atom is 0.280 e. The lowest BCUT2D eigenvalue weighted by molar-refractivity contribution is -0.127. The first kappa shape index (κ1) is 22.7. The van der Waals surface area contributed by atoms with Gasteiger partial charge in [0.2, 0.25) is 0 Å². The van der Waals surface area contributed by atoms with Crippen molar-refractivity contribution in [3.8, 4) is 17.2 Å². The van der Waals surface area contributed by atoms with Crippen LogP contribution in [0.5, 0.6) is 17.2 Å². The molecule has 0 saturated carbocycles. The van der Waals surface area contributed by atoms with Crippen LogP contribution in [0.4, 0.5) is 0 Å². The van der Waals surface area contributed by atoms with Crippen LogP contribution in [0.15, 0.2) is 46.0 Å². The maximum absolute atomic E-state index is 12.2. The number of hydrogen-bond acceptors (Lipinski definition) is 5. The summed E-state index contributed by atoms with van der Waals surface area (Å²) >= 11 is 3.27. The third-order valence-corrected chi connectivity index (χ3v) is 4.75. The Labute approximate surface area is 180 Å². The fraction of sp³-hybridized carbons (Fsp3) is 0.364. The monoisotopic (exact) mass is 462 g/mol. The maximum atomic E-state index is 12.2. The molecule has 6 nitrogen and oxygen atoms in total. The van der Waals surface area contributed by atoms with Gasteiger partial charge >= 0.3 is 0 Å². The van der Waals surface area contributed by atoms with Gasteiger partial charge in [-0.1, -0.05) is 32.9 Å². The Kier molecular flexibility index (Phi) is 7.67. The van der Waals surface area contributed by atoms with Crippen LogP contribution in [0.25, 0.3) is 0 Å². The van der Waals surface area contributed by atoms with E-state index in [9.17, 15) is 9.90 Å². The number of carbonyl (C=O) groups excluding carboxylic acids is 1. The zero-order chi connectivity index (χ0) is 21.6. The highest BCUT2D eigenvalue weighted by Crippen LogP contribution is 2.35. The van der Waals surface area contributed by atoms with Crippen LogP contribution in [-0.4, -0.2) is 29.9 Å². The van der Waals surface area contributed by atoms with Gasteiger partial charge in [0.05, 0.1) is 17.3 Å². The number of benzene rings is 2. The van der Waals surface area contributed by atoms with E-state index in [-0.39, 0.29) is 17.1 Å². The summed E-state index contributed by atoms with van der Waals surface area (Å²) in [6.07, 6.45) is 0.758. The predicted octanol–water partition coefficient (Wildman–Crippen LogP) is 4.77. The molecule has 1 unspecified atom stereocenters. The van der Waals surface area contributed by atoms with Crippen molar-refractivity contribution in [1.82, 2.24) is 5.43 Å². The third-order valence-electron chi connectivity index (χ3n) is 4.14. The number of amides is 1. The Morgan fingerprint density at radius 2 is 1.93 bits per heavy atom. The van der Waals surface area contributed by atoms with Gasteiger partial charge < -0.3 is 14.6 Å². The molecule has 0 aliphatic heterocycles. The molecule has 156 valence electrons. The molecule has 0 heterocycles. The number of nitrogens with zero attached hydrogens (tertiary/aromatic N) is 1. The van der Waals surface area contributed by atoms with E-state index in [1.165, 1.54) is 11.8 Å². The topological polar surface area (TPSA) is 80.2 Å². The summed E-state index contributed by atoms with van der Waals surface area (Å²) in [6.45, 7) is 10.3. The molecule has 7 heteroatoms. The van der Waals surface area contributed by atoms with E-state index in [2.05, 4.69) is 47.2 Å². The van der Waals surface area contributed by atoms with Crippen molar-refractivity contribution < 1.29 is 19.4 Å². The fourth-order valence-electron chi connectivity index (χ4n) is 2.49. The number of phenolic OH excluding ortho intramolecular Hbond substituents is 1. The number of hydrogen-bond donors (Lipinski definition) is 2. The molecule has 1 amide bonds. The third kappa shape index (κ3) is 6.49. The van der Waals surface area contributed by atoms with Crippen LogP contribution in [0.2, 0.25) is 0 Å². The van der Waals surface area contributed by atoms with Crippen molar-refractivity contribution in [3.05, 3.63) is 52.0 Å². The van der Waals surface area contributed by atoms with Gasteiger partial charge in [0.15, 0.2) is 17.6 Å². The smallest absolute Gasteiger partial charge is 0.280 e. The minimum absolute atomic E-state index is 0.0209. The van der Waals surface area contributed by atoms with E-state index in [1.54, 1.807) is 19.1 Å². The van der Waals surface area contributed by atoms with Crippen molar-refractivity contribution in [3.63, 3.8) is 0 Å². The summed E-state index contributed by atoms with van der Waals surface area (Å²) in [5, 5.41) is 13.9. The standard InChI is InChI=1S/C22H27BrN2O4/c1-6-28-19-12-15(11-18(23)20(19)26)13-24-25-21(27)14(2)29-17-9-7-16(8-10-17)22(3,4)5/h7-14,26H,6H2,1-5H3,(H,25,27)/b24-13+. The van der Waals surface area contributed by atoms with E-state index in [0.717, 1.165) is 0 Å². The lowest BCUT2D eigenvalue weighted by atomic mass is 9.87. The number of aromatic hydroxyl groups is 1. The molecule has 0 aromatic heterocycles. The summed E-state index contributed by atoms with van der Waals surface area (Å²) < 4.78 is 11.5. The lowest BCUT2D eigenvalue weighted by Gasteiger charge is -2.20. The number of nitrogens with one attached hydrogen (secondary N) is 1. The molecule has 2 N–H and O–H groups in total. The zero-order valence-electron chi connectivity index (χ0n) is 17.3. The van der Waals surface area contributed by atoms with Gasteiger partial charge in [-0.15, -0.1) is 0 Å².